The molecule has 8 nitrogen and oxygen atoms in total. The maximum Gasteiger partial charge on any atom is 0.299 e. The number of nitrogens with one attached hydrogen (secondary N) is 1. The summed E-state index contributed by atoms with van der Waals surface area (Å²) in [7, 11) is 0. The van der Waals surface area contributed by atoms with Gasteiger partial charge in [0.2, 0.25) is 0 Å². The van der Waals surface area contributed by atoms with Crippen molar-refractivity contribution in [3.63, 3.8) is 0 Å². The highest BCUT2D eigenvalue weighted by Crippen LogP contribution is 2.29. The Labute approximate surface area is 193 Å². The molecule has 0 saturated carbocycles. The van der Waals surface area contributed by atoms with Gasteiger partial charge >= 0.3 is 0 Å². The number of benzene rings is 2. The highest BCUT2D eigenvalue weighted by atomic mass is 35.5. The molecule has 33 heavy (non-hydrogen) atoms. The Bertz CT molecular complexity index is 1590. The molecule has 0 aliphatic heterocycles. The van der Waals surface area contributed by atoms with Crippen LogP contribution in [0.15, 0.2) is 65.6 Å². The van der Waals surface area contributed by atoms with Crippen molar-refractivity contribution < 1.29 is 4.79 Å². The van der Waals surface area contributed by atoms with Crippen LogP contribution in [0.1, 0.15) is 28.5 Å². The molecule has 0 radical (unpaired) electrons. The lowest BCUT2D eigenvalue weighted by Gasteiger charge is -2.10. The highest BCUT2D eigenvalue weighted by molar-refractivity contribution is 6.30. The van der Waals surface area contributed by atoms with Crippen LogP contribution >= 0.6 is 11.6 Å². The molecule has 3 aromatic heterocycles. The topological polar surface area (TPSA) is 94.2 Å². The van der Waals surface area contributed by atoms with Crippen molar-refractivity contribution in [3.05, 3.63) is 93.0 Å². The molecule has 164 valence electrons. The number of pyridine rings is 1. The molecule has 0 aliphatic carbocycles. The second-order valence-corrected chi connectivity index (χ2v) is 8.03. The van der Waals surface area contributed by atoms with Crippen molar-refractivity contribution in [2.45, 2.75) is 20.3 Å². The van der Waals surface area contributed by atoms with Gasteiger partial charge in [0.15, 0.2) is 11.2 Å². The average molecular weight is 459 g/mol. The Morgan fingerprint density at radius 2 is 1.82 bits per heavy atom. The number of halogens is 1. The van der Waals surface area contributed by atoms with E-state index in [0.717, 1.165) is 27.1 Å². The minimum Gasteiger partial charge on any atom is -0.267 e. The Hall–Kier alpha value is -4.04. The molecule has 2 aromatic carbocycles. The lowest BCUT2D eigenvalue weighted by atomic mass is 10.0. The van der Waals surface area contributed by atoms with Crippen LogP contribution in [-0.4, -0.2) is 30.4 Å². The average Bonchev–Trinajstić information content (AvgIpc) is 3.20. The summed E-state index contributed by atoms with van der Waals surface area (Å²) in [6.07, 6.45) is 2.17. The van der Waals surface area contributed by atoms with Crippen LogP contribution < -0.4 is 11.0 Å². The minimum atomic E-state index is -0.495. The molecule has 0 spiro atoms. The summed E-state index contributed by atoms with van der Waals surface area (Å²) in [5.41, 5.74) is 7.16. The van der Waals surface area contributed by atoms with E-state index in [2.05, 4.69) is 15.6 Å². The van der Waals surface area contributed by atoms with E-state index in [4.69, 9.17) is 16.7 Å². The zero-order valence-electron chi connectivity index (χ0n) is 17.9. The third kappa shape index (κ3) is 3.54. The lowest BCUT2D eigenvalue weighted by Crippen LogP contribution is -2.33. The third-order valence-corrected chi connectivity index (χ3v) is 5.78. The Morgan fingerprint density at radius 3 is 2.55 bits per heavy atom. The molecule has 1 amide bonds. The first-order chi connectivity index (χ1) is 16.0. The molecule has 9 heteroatoms. The highest BCUT2D eigenvalue weighted by Gasteiger charge is 2.19. The van der Waals surface area contributed by atoms with Crippen LogP contribution in [0.3, 0.4) is 0 Å². The van der Waals surface area contributed by atoms with Gasteiger partial charge in [-0.05, 0) is 48.7 Å². The van der Waals surface area contributed by atoms with Gasteiger partial charge in [0.05, 0.1) is 11.3 Å². The Balaban J connectivity index is 1.62. The standard InChI is InChI=1S/C24H19ClN6O2/c1-3-18-20(15-8-10-16(25)11-9-15)22-27-26-21-19(31(22)28-18)12-13-30(24(21)33)29-23(32)17-7-5-4-6-14(17)2/h4-13H,3H2,1-2H3,(H,29,32). The summed E-state index contributed by atoms with van der Waals surface area (Å²) < 4.78 is 2.74. The summed E-state index contributed by atoms with van der Waals surface area (Å²) >= 11 is 6.04. The smallest absolute Gasteiger partial charge is 0.267 e. The molecule has 0 unspecified atom stereocenters. The fraction of sp³-hybridized carbons (Fsp3) is 0.125. The first-order valence-corrected chi connectivity index (χ1v) is 10.8. The summed E-state index contributed by atoms with van der Waals surface area (Å²) in [5.74, 6) is -0.388. The van der Waals surface area contributed by atoms with Gasteiger partial charge in [-0.2, -0.15) is 5.10 Å². The molecule has 0 aliphatic rings. The minimum absolute atomic E-state index is 0.0999. The molecule has 0 atom stereocenters. The van der Waals surface area contributed by atoms with Crippen molar-refractivity contribution in [1.29, 1.82) is 0 Å². The second-order valence-electron chi connectivity index (χ2n) is 7.60. The van der Waals surface area contributed by atoms with Gasteiger partial charge in [-0.25, -0.2) is 9.19 Å². The van der Waals surface area contributed by atoms with Crippen molar-refractivity contribution in [3.8, 4) is 11.1 Å². The van der Waals surface area contributed by atoms with E-state index in [-0.39, 0.29) is 11.4 Å². The van der Waals surface area contributed by atoms with Gasteiger partial charge in [-0.15, -0.1) is 10.2 Å². The molecular formula is C24H19ClN6O2. The van der Waals surface area contributed by atoms with E-state index in [1.165, 1.54) is 6.20 Å². The largest absolute Gasteiger partial charge is 0.299 e. The number of fused-ring (bicyclic) bond motifs is 3. The summed E-state index contributed by atoms with van der Waals surface area (Å²) in [5, 5.41) is 13.9. The lowest BCUT2D eigenvalue weighted by molar-refractivity contribution is 0.101. The number of nitrogens with zero attached hydrogens (tertiary/aromatic N) is 5. The van der Waals surface area contributed by atoms with E-state index in [9.17, 15) is 9.59 Å². The van der Waals surface area contributed by atoms with Gasteiger partial charge < -0.3 is 0 Å². The molecular weight excluding hydrogens is 440 g/mol. The van der Waals surface area contributed by atoms with E-state index < -0.39 is 5.56 Å². The number of carbonyl (C=O) groups is 1. The number of amides is 1. The van der Waals surface area contributed by atoms with Crippen molar-refractivity contribution >= 4 is 34.2 Å². The summed E-state index contributed by atoms with van der Waals surface area (Å²) in [6.45, 7) is 3.84. The van der Waals surface area contributed by atoms with Crippen LogP contribution in [0.4, 0.5) is 0 Å². The number of aryl methyl sites for hydroxylation is 2. The van der Waals surface area contributed by atoms with Gasteiger partial charge in [-0.1, -0.05) is 48.9 Å². The molecule has 5 rings (SSSR count). The first kappa shape index (κ1) is 20.8. The van der Waals surface area contributed by atoms with Crippen LogP contribution in [0.2, 0.25) is 5.02 Å². The number of carbonyl (C=O) groups excluding carboxylic acids is 1. The van der Waals surface area contributed by atoms with Crippen LogP contribution in [0, 0.1) is 6.92 Å². The third-order valence-electron chi connectivity index (χ3n) is 5.53. The van der Waals surface area contributed by atoms with E-state index in [1.54, 1.807) is 22.7 Å². The van der Waals surface area contributed by atoms with Crippen LogP contribution in [0.5, 0.6) is 0 Å². The van der Waals surface area contributed by atoms with Crippen molar-refractivity contribution in [1.82, 2.24) is 24.5 Å². The quantitative estimate of drug-likeness (QED) is 0.439. The Morgan fingerprint density at radius 1 is 1.06 bits per heavy atom. The summed E-state index contributed by atoms with van der Waals surface area (Å²) in [4.78, 5) is 25.8. The normalized spacial score (nSPS) is 11.2. The maximum atomic E-state index is 13.1. The monoisotopic (exact) mass is 458 g/mol. The van der Waals surface area contributed by atoms with E-state index >= 15 is 0 Å². The Kier molecular flexibility index (Phi) is 5.14. The first-order valence-electron chi connectivity index (χ1n) is 10.4. The molecule has 0 fully saturated rings. The fourth-order valence-electron chi connectivity index (χ4n) is 3.84. The second kappa shape index (κ2) is 8.14. The fourth-order valence-corrected chi connectivity index (χ4v) is 3.96. The zero-order valence-corrected chi connectivity index (χ0v) is 18.7. The van der Waals surface area contributed by atoms with Gasteiger partial charge in [0.1, 0.15) is 5.52 Å². The van der Waals surface area contributed by atoms with E-state index in [1.807, 2.05) is 50.2 Å². The molecule has 1 N–H and O–H groups in total. The SMILES string of the molecule is CCc1nn2c(nnc3c(=O)n(NC(=O)c4ccccc4C)ccc32)c1-c1ccc(Cl)cc1. The van der Waals surface area contributed by atoms with Gasteiger partial charge in [0, 0.05) is 16.8 Å². The van der Waals surface area contributed by atoms with Gasteiger partial charge in [-0.3, -0.25) is 15.0 Å². The predicted molar refractivity (Wildman–Crippen MR) is 127 cm³/mol. The van der Waals surface area contributed by atoms with Crippen LogP contribution in [-0.2, 0) is 6.42 Å². The van der Waals surface area contributed by atoms with Gasteiger partial charge in [0.25, 0.3) is 11.5 Å². The molecule has 0 saturated heterocycles. The van der Waals surface area contributed by atoms with E-state index in [0.29, 0.717) is 28.2 Å². The number of hydrogen-bond donors (Lipinski definition) is 1. The number of aromatic nitrogens is 5. The van der Waals surface area contributed by atoms with Crippen molar-refractivity contribution in [2.24, 2.45) is 0 Å². The van der Waals surface area contributed by atoms with Crippen LogP contribution in [0.25, 0.3) is 27.8 Å². The maximum absolute atomic E-state index is 13.1. The molecule has 3 heterocycles. The number of hydrogen-bond acceptors (Lipinski definition) is 5. The number of rotatable bonds is 4. The predicted octanol–water partition coefficient (Wildman–Crippen LogP) is 4.01. The zero-order chi connectivity index (χ0) is 23.1. The molecule has 0 bridgehead atoms. The van der Waals surface area contributed by atoms with Crippen molar-refractivity contribution in [2.75, 3.05) is 5.43 Å². The summed E-state index contributed by atoms with van der Waals surface area (Å²) in [6, 6.07) is 16.3. The molecule has 5 aromatic rings.